The molecule has 2 aromatic heterocycles. The van der Waals surface area contributed by atoms with Crippen LogP contribution in [0, 0.1) is 6.92 Å². The third-order valence-corrected chi connectivity index (χ3v) is 9.45. The Balaban J connectivity index is 2.07. The van der Waals surface area contributed by atoms with Gasteiger partial charge in [0.1, 0.15) is 4.88 Å². The van der Waals surface area contributed by atoms with Gasteiger partial charge in [-0.3, -0.25) is 14.4 Å². The molecule has 0 atom stereocenters. The monoisotopic (exact) mass is 711 g/mol. The highest BCUT2D eigenvalue weighted by Gasteiger charge is 2.19. The summed E-state index contributed by atoms with van der Waals surface area (Å²) in [6.07, 6.45) is 8.80. The zero-order chi connectivity index (χ0) is 36.1. The fourth-order valence-electron chi connectivity index (χ4n) is 5.00. The van der Waals surface area contributed by atoms with Crippen LogP contribution in [-0.2, 0) is 38.4 Å². The van der Waals surface area contributed by atoms with Gasteiger partial charge in [-0.25, -0.2) is 4.98 Å². The van der Waals surface area contributed by atoms with Gasteiger partial charge in [-0.15, -0.1) is 11.3 Å². The Morgan fingerprint density at radius 1 is 1.12 bits per heavy atom. The Labute approximate surface area is 293 Å². The molecule has 0 radical (unpaired) electrons. The summed E-state index contributed by atoms with van der Waals surface area (Å²) in [6.45, 7) is 8.31. The van der Waals surface area contributed by atoms with E-state index in [0.717, 1.165) is 20.8 Å². The molecule has 3 rings (SSSR count). The number of nitrogens with zero attached hydrogens (tertiary/aromatic N) is 3. The zero-order valence-corrected chi connectivity index (χ0v) is 30.2. The van der Waals surface area contributed by atoms with Crippen LogP contribution in [0.15, 0.2) is 65.0 Å². The van der Waals surface area contributed by atoms with E-state index in [2.05, 4.69) is 21.9 Å². The van der Waals surface area contributed by atoms with Crippen molar-refractivity contribution < 1.29 is 28.6 Å². The first-order valence-corrected chi connectivity index (χ1v) is 17.2. The van der Waals surface area contributed by atoms with E-state index < -0.39 is 11.8 Å². The van der Waals surface area contributed by atoms with Crippen molar-refractivity contribution in [1.82, 2.24) is 14.9 Å². The molecule has 0 aliphatic heterocycles. The van der Waals surface area contributed by atoms with Crippen LogP contribution < -0.4 is 27.3 Å². The molecular formula is C34H45N7O6S2. The number of ether oxygens (including phenoxy) is 3. The highest BCUT2D eigenvalue weighted by atomic mass is 32.1. The maximum Gasteiger partial charge on any atom is 0.291 e. The van der Waals surface area contributed by atoms with Gasteiger partial charge < -0.3 is 41.3 Å². The Kier molecular flexibility index (Phi) is 15.1. The van der Waals surface area contributed by atoms with Crippen molar-refractivity contribution in [3.63, 3.8) is 0 Å². The van der Waals surface area contributed by atoms with E-state index >= 15 is 0 Å². The number of aromatic nitrogens is 2. The van der Waals surface area contributed by atoms with Gasteiger partial charge >= 0.3 is 0 Å². The van der Waals surface area contributed by atoms with Gasteiger partial charge in [0.15, 0.2) is 11.1 Å². The van der Waals surface area contributed by atoms with Crippen LogP contribution in [0.3, 0.4) is 0 Å². The van der Waals surface area contributed by atoms with E-state index in [1.54, 1.807) is 26.4 Å². The summed E-state index contributed by atoms with van der Waals surface area (Å²) in [5, 5.41) is 4.01. The summed E-state index contributed by atoms with van der Waals surface area (Å²) in [7, 11) is 4.71. The van der Waals surface area contributed by atoms with E-state index in [4.69, 9.17) is 31.4 Å². The Hall–Kier alpha value is -4.41. The third kappa shape index (κ3) is 10.5. The highest BCUT2D eigenvalue weighted by molar-refractivity contribution is 7.16. The molecule has 0 saturated heterocycles. The molecule has 264 valence electrons. The molecule has 13 nitrogen and oxygen atoms in total. The van der Waals surface area contributed by atoms with Crippen LogP contribution in [0.5, 0.6) is 0 Å². The predicted molar refractivity (Wildman–Crippen MR) is 193 cm³/mol. The number of thiazole rings is 2. The fourth-order valence-corrected chi connectivity index (χ4v) is 7.02. The molecule has 0 fully saturated rings. The molecule has 0 saturated carbocycles. The number of aryl methyl sites for hydroxylation is 3. The van der Waals surface area contributed by atoms with Crippen LogP contribution in [0.2, 0.25) is 0 Å². The molecule has 3 amide bonds. The van der Waals surface area contributed by atoms with Gasteiger partial charge in [0.05, 0.1) is 38.9 Å². The summed E-state index contributed by atoms with van der Waals surface area (Å²) >= 11 is 2.63. The van der Waals surface area contributed by atoms with Crippen molar-refractivity contribution in [3.8, 4) is 0 Å². The SMILES string of the molecule is C=C/C(=C\C(N)=C(/COC)NC/C=C/Cn1c(=NC(=O)c2sc(C)nc2CC)sc2cc(C(N)=O)cc(CCCC(OC)OC)c21)C(N)=O. The first-order chi connectivity index (χ1) is 23.5. The Bertz CT molecular complexity index is 1830. The number of nitrogens with one attached hydrogen (secondary N) is 1. The number of allylic oxidation sites excluding steroid dienone is 2. The number of carbonyl (C=O) groups excluding carboxylic acids is 3. The molecule has 0 bridgehead atoms. The average Bonchev–Trinajstić information content (AvgIpc) is 3.63. The number of amides is 3. The normalized spacial score (nSPS) is 13.0. The predicted octanol–water partition coefficient (Wildman–Crippen LogP) is 3.37. The second kappa shape index (κ2) is 19.0. The molecule has 1 aromatic carbocycles. The van der Waals surface area contributed by atoms with Crippen molar-refractivity contribution in [2.45, 2.75) is 52.4 Å². The summed E-state index contributed by atoms with van der Waals surface area (Å²) < 4.78 is 18.7. The summed E-state index contributed by atoms with van der Waals surface area (Å²) in [4.78, 5) is 47.5. The molecule has 15 heteroatoms. The van der Waals surface area contributed by atoms with Crippen LogP contribution >= 0.6 is 22.7 Å². The molecule has 0 unspecified atom stereocenters. The van der Waals surface area contributed by atoms with Gasteiger partial charge in [0.25, 0.3) is 5.91 Å². The number of hydrogen-bond acceptors (Lipinski definition) is 11. The van der Waals surface area contributed by atoms with Gasteiger partial charge in [-0.2, -0.15) is 4.99 Å². The van der Waals surface area contributed by atoms with Crippen molar-refractivity contribution in [2.75, 3.05) is 34.5 Å². The minimum Gasteiger partial charge on any atom is -0.397 e. The molecule has 2 heterocycles. The molecule has 7 N–H and O–H groups in total. The van der Waals surface area contributed by atoms with Gasteiger partial charge in [-0.1, -0.05) is 43.1 Å². The summed E-state index contributed by atoms with van der Waals surface area (Å²) in [5.41, 5.74) is 21.1. The first kappa shape index (κ1) is 39.0. The molecule has 0 spiro atoms. The minimum absolute atomic E-state index is 0.170. The number of rotatable bonds is 19. The number of fused-ring (bicyclic) bond motifs is 1. The lowest BCUT2D eigenvalue weighted by molar-refractivity contribution is -0.114. The lowest BCUT2D eigenvalue weighted by Gasteiger charge is -2.14. The van der Waals surface area contributed by atoms with E-state index in [-0.39, 0.29) is 30.1 Å². The Morgan fingerprint density at radius 2 is 1.86 bits per heavy atom. The second-order valence-electron chi connectivity index (χ2n) is 10.8. The smallest absolute Gasteiger partial charge is 0.291 e. The number of hydrogen-bond donors (Lipinski definition) is 4. The molecule has 3 aromatic rings. The molecule has 49 heavy (non-hydrogen) atoms. The highest BCUT2D eigenvalue weighted by Crippen LogP contribution is 2.27. The molecule has 0 aliphatic rings. The zero-order valence-electron chi connectivity index (χ0n) is 28.5. The lowest BCUT2D eigenvalue weighted by atomic mass is 10.0. The van der Waals surface area contributed by atoms with Crippen molar-refractivity contribution >= 4 is 50.6 Å². The molecular weight excluding hydrogens is 667 g/mol. The van der Waals surface area contributed by atoms with Crippen LogP contribution in [-0.4, -0.2) is 68.0 Å². The fraction of sp³-hybridized carbons (Fsp3) is 0.382. The number of nitrogens with two attached hydrogens (primary N) is 3. The van der Waals surface area contributed by atoms with Crippen molar-refractivity contribution in [2.24, 2.45) is 22.2 Å². The van der Waals surface area contributed by atoms with Crippen molar-refractivity contribution in [1.29, 1.82) is 0 Å². The van der Waals surface area contributed by atoms with E-state index in [1.807, 2.05) is 30.6 Å². The largest absolute Gasteiger partial charge is 0.397 e. The first-order valence-electron chi connectivity index (χ1n) is 15.5. The number of primary amides is 2. The average molecular weight is 712 g/mol. The van der Waals surface area contributed by atoms with Gasteiger partial charge in [0.2, 0.25) is 11.8 Å². The lowest BCUT2D eigenvalue weighted by Crippen LogP contribution is -2.22. The maximum atomic E-state index is 13.5. The van der Waals surface area contributed by atoms with E-state index in [1.165, 1.54) is 41.9 Å². The van der Waals surface area contributed by atoms with Gasteiger partial charge in [-0.05, 0) is 56.4 Å². The number of methoxy groups -OCH3 is 3. The van der Waals surface area contributed by atoms with E-state index in [0.29, 0.717) is 65.4 Å². The van der Waals surface area contributed by atoms with Crippen LogP contribution in [0.1, 0.15) is 56.1 Å². The molecule has 0 aliphatic carbocycles. The van der Waals surface area contributed by atoms with Crippen LogP contribution in [0.25, 0.3) is 10.2 Å². The quantitative estimate of drug-likeness (QED) is 0.0623. The minimum atomic E-state index is -0.648. The Morgan fingerprint density at radius 3 is 2.47 bits per heavy atom. The van der Waals surface area contributed by atoms with Crippen LogP contribution in [0.4, 0.5) is 0 Å². The summed E-state index contributed by atoms with van der Waals surface area (Å²) in [6, 6.07) is 3.53. The van der Waals surface area contributed by atoms with Gasteiger partial charge in [0, 0.05) is 45.6 Å². The van der Waals surface area contributed by atoms with E-state index in [9.17, 15) is 14.4 Å². The summed E-state index contributed by atoms with van der Waals surface area (Å²) in [5.74, 6) is -1.57. The third-order valence-electron chi connectivity index (χ3n) is 7.42. The number of benzene rings is 1. The second-order valence-corrected chi connectivity index (χ2v) is 13.0. The number of carbonyl (C=O) groups is 3. The van der Waals surface area contributed by atoms with Crippen molar-refractivity contribution in [3.05, 3.63) is 91.5 Å². The topological polar surface area (TPSA) is 199 Å². The standard InChI is InChI=1S/C34H45N7O6S2/c1-7-21(31(36)42)17-24(35)26(19-45-4)38-14-9-10-15-41-29-22(12-11-13-28(46-5)47-6)16-23(32(37)43)18-27(29)49-34(41)40-33(44)30-25(8-2)39-20(3)48-30/h7,9-10,16-18,28,38H,1,8,11-15,19,35H2,2-6H3,(H2,36,42)(H2,37,43)/b10-9+,21-17+,26-24-,40-34?. The maximum absolute atomic E-state index is 13.5.